The summed E-state index contributed by atoms with van der Waals surface area (Å²) in [6, 6.07) is 37.8. The molecule has 0 saturated carbocycles. The van der Waals surface area contributed by atoms with Crippen LogP contribution in [0.1, 0.15) is 25.0 Å². The van der Waals surface area contributed by atoms with Gasteiger partial charge in [0.05, 0.1) is 11.0 Å². The van der Waals surface area contributed by atoms with Crippen molar-refractivity contribution in [2.24, 2.45) is 0 Å². The van der Waals surface area contributed by atoms with Gasteiger partial charge in [0.15, 0.2) is 0 Å². The minimum atomic E-state index is -0.0408. The molecule has 152 valence electrons. The van der Waals surface area contributed by atoms with Crippen molar-refractivity contribution in [2.45, 2.75) is 19.3 Å². The summed E-state index contributed by atoms with van der Waals surface area (Å²) in [6.07, 6.45) is 0. The van der Waals surface area contributed by atoms with Crippen LogP contribution in [-0.2, 0) is 5.41 Å². The molecule has 0 aliphatic heterocycles. The van der Waals surface area contributed by atoms with Crippen LogP contribution in [0.25, 0.3) is 49.4 Å². The third-order valence-corrected chi connectivity index (χ3v) is 7.35. The summed E-state index contributed by atoms with van der Waals surface area (Å²) in [5, 5.41) is 5.24. The number of nitrogens with zero attached hydrogens (tertiary/aromatic N) is 1. The lowest BCUT2D eigenvalue weighted by molar-refractivity contribution is 0.661. The second-order valence-electron chi connectivity index (χ2n) is 9.44. The lowest BCUT2D eigenvalue weighted by atomic mass is 9.82. The molecule has 1 heteroatoms. The molecule has 0 amide bonds. The molecule has 1 nitrogen and oxygen atoms in total. The van der Waals surface area contributed by atoms with Crippen LogP contribution in [0.5, 0.6) is 0 Å². The minimum absolute atomic E-state index is 0.0408. The molecule has 0 N–H and O–H groups in total. The van der Waals surface area contributed by atoms with Gasteiger partial charge in [-0.3, -0.25) is 0 Å². The molecule has 7 rings (SSSR count). The molecule has 6 aromatic rings. The van der Waals surface area contributed by atoms with Gasteiger partial charge in [0.25, 0.3) is 0 Å². The molecule has 0 saturated heterocycles. The van der Waals surface area contributed by atoms with E-state index in [1.165, 1.54) is 60.5 Å². The molecule has 0 bridgehead atoms. The molecule has 0 fully saturated rings. The Kier molecular flexibility index (Phi) is 3.40. The fraction of sp³-hybridized carbons (Fsp3) is 0.0968. The standard InChI is InChI=1S/C31H23N/c1-31(2)26-17-16-24-23-14-8-9-15-28(23)32(22-12-4-3-5-13-22)30(24)29(26)25-18-20-10-6-7-11-21(20)19-27(25)31/h3-19H,1-2H3. The summed E-state index contributed by atoms with van der Waals surface area (Å²) in [5.74, 6) is 0. The summed E-state index contributed by atoms with van der Waals surface area (Å²) in [5.41, 5.74) is 9.33. The molecular formula is C31H23N. The molecular weight excluding hydrogens is 386 g/mol. The first-order valence-electron chi connectivity index (χ1n) is 11.3. The van der Waals surface area contributed by atoms with E-state index in [0.29, 0.717) is 0 Å². The normalized spacial score (nSPS) is 14.2. The van der Waals surface area contributed by atoms with Gasteiger partial charge in [0.2, 0.25) is 0 Å². The first kappa shape index (κ1) is 17.8. The maximum atomic E-state index is 2.46. The Bertz CT molecular complexity index is 1680. The lowest BCUT2D eigenvalue weighted by Crippen LogP contribution is -2.14. The largest absolute Gasteiger partial charge is 0.309 e. The summed E-state index contributed by atoms with van der Waals surface area (Å²) >= 11 is 0. The van der Waals surface area contributed by atoms with E-state index in [2.05, 4.69) is 122 Å². The first-order chi connectivity index (χ1) is 15.6. The molecule has 0 unspecified atom stereocenters. The van der Waals surface area contributed by atoms with Crippen molar-refractivity contribution in [1.82, 2.24) is 4.57 Å². The summed E-state index contributed by atoms with van der Waals surface area (Å²) < 4.78 is 2.46. The Labute approximate surface area is 187 Å². The summed E-state index contributed by atoms with van der Waals surface area (Å²) in [4.78, 5) is 0. The molecule has 0 spiro atoms. The number of hydrogen-bond acceptors (Lipinski definition) is 0. The van der Waals surface area contributed by atoms with Crippen LogP contribution in [0.3, 0.4) is 0 Å². The van der Waals surface area contributed by atoms with Crippen molar-refractivity contribution in [3.05, 3.63) is 114 Å². The van der Waals surface area contributed by atoms with Crippen LogP contribution in [0.2, 0.25) is 0 Å². The highest BCUT2D eigenvalue weighted by Gasteiger charge is 2.38. The van der Waals surface area contributed by atoms with E-state index < -0.39 is 0 Å². The van der Waals surface area contributed by atoms with Gasteiger partial charge in [-0.15, -0.1) is 0 Å². The van der Waals surface area contributed by atoms with Gasteiger partial charge in [0.1, 0.15) is 0 Å². The van der Waals surface area contributed by atoms with Crippen LogP contribution in [-0.4, -0.2) is 4.57 Å². The highest BCUT2D eigenvalue weighted by Crippen LogP contribution is 2.53. The zero-order valence-corrected chi connectivity index (χ0v) is 18.3. The zero-order valence-electron chi connectivity index (χ0n) is 18.3. The van der Waals surface area contributed by atoms with Gasteiger partial charge in [-0.05, 0) is 57.8 Å². The predicted molar refractivity (Wildman–Crippen MR) is 136 cm³/mol. The molecule has 1 aromatic heterocycles. The van der Waals surface area contributed by atoms with Crippen molar-refractivity contribution >= 4 is 32.6 Å². The molecule has 1 heterocycles. The van der Waals surface area contributed by atoms with Gasteiger partial charge in [-0.2, -0.15) is 0 Å². The minimum Gasteiger partial charge on any atom is -0.309 e. The van der Waals surface area contributed by atoms with Crippen LogP contribution in [0.4, 0.5) is 0 Å². The second-order valence-corrected chi connectivity index (χ2v) is 9.44. The monoisotopic (exact) mass is 409 g/mol. The Morgan fingerprint density at radius 1 is 0.594 bits per heavy atom. The number of para-hydroxylation sites is 2. The molecule has 1 aliphatic carbocycles. The molecule has 32 heavy (non-hydrogen) atoms. The number of aromatic nitrogens is 1. The lowest BCUT2D eigenvalue weighted by Gasteiger charge is -2.22. The van der Waals surface area contributed by atoms with Gasteiger partial charge in [0, 0.05) is 27.4 Å². The molecule has 0 atom stereocenters. The third kappa shape index (κ3) is 2.18. The molecule has 5 aromatic carbocycles. The zero-order chi connectivity index (χ0) is 21.4. The van der Waals surface area contributed by atoms with E-state index in [0.717, 1.165) is 0 Å². The van der Waals surface area contributed by atoms with Crippen LogP contribution >= 0.6 is 0 Å². The highest BCUT2D eigenvalue weighted by molar-refractivity contribution is 6.16. The quantitative estimate of drug-likeness (QED) is 0.258. The van der Waals surface area contributed by atoms with Crippen LogP contribution in [0.15, 0.2) is 103 Å². The van der Waals surface area contributed by atoms with Crippen molar-refractivity contribution in [1.29, 1.82) is 0 Å². The second kappa shape index (κ2) is 6.11. The van der Waals surface area contributed by atoms with E-state index in [-0.39, 0.29) is 5.41 Å². The topological polar surface area (TPSA) is 4.93 Å². The Hall–Kier alpha value is -3.84. The molecule has 1 aliphatic rings. The fourth-order valence-corrected chi connectivity index (χ4v) is 5.81. The van der Waals surface area contributed by atoms with E-state index in [1.807, 2.05) is 0 Å². The summed E-state index contributed by atoms with van der Waals surface area (Å²) in [7, 11) is 0. The molecule has 0 radical (unpaired) electrons. The van der Waals surface area contributed by atoms with Gasteiger partial charge in [-0.1, -0.05) is 86.6 Å². The SMILES string of the molecule is CC1(C)c2cc3ccccc3cc2-c2c1ccc1c3ccccc3n(-c3ccccc3)c21. The fourth-order valence-electron chi connectivity index (χ4n) is 5.81. The third-order valence-electron chi connectivity index (χ3n) is 7.35. The van der Waals surface area contributed by atoms with Crippen molar-refractivity contribution in [2.75, 3.05) is 0 Å². The van der Waals surface area contributed by atoms with Gasteiger partial charge < -0.3 is 4.57 Å². The smallest absolute Gasteiger partial charge is 0.0622 e. The highest BCUT2D eigenvalue weighted by atomic mass is 15.0. The Balaban J connectivity index is 1.72. The van der Waals surface area contributed by atoms with Crippen molar-refractivity contribution in [3.8, 4) is 16.8 Å². The average molecular weight is 410 g/mol. The van der Waals surface area contributed by atoms with Crippen LogP contribution in [0, 0.1) is 0 Å². The van der Waals surface area contributed by atoms with Gasteiger partial charge in [-0.25, -0.2) is 0 Å². The number of rotatable bonds is 1. The average Bonchev–Trinajstić information content (AvgIpc) is 3.28. The van der Waals surface area contributed by atoms with Crippen molar-refractivity contribution < 1.29 is 0 Å². The van der Waals surface area contributed by atoms with E-state index in [1.54, 1.807) is 0 Å². The number of hydrogen-bond donors (Lipinski definition) is 0. The van der Waals surface area contributed by atoms with Gasteiger partial charge >= 0.3 is 0 Å². The predicted octanol–water partition coefficient (Wildman–Crippen LogP) is 8.24. The van der Waals surface area contributed by atoms with E-state index in [9.17, 15) is 0 Å². The van der Waals surface area contributed by atoms with Crippen molar-refractivity contribution in [3.63, 3.8) is 0 Å². The first-order valence-corrected chi connectivity index (χ1v) is 11.3. The number of benzene rings is 5. The Morgan fingerprint density at radius 2 is 1.28 bits per heavy atom. The maximum absolute atomic E-state index is 2.46. The van der Waals surface area contributed by atoms with E-state index in [4.69, 9.17) is 0 Å². The summed E-state index contributed by atoms with van der Waals surface area (Å²) in [6.45, 7) is 4.74. The maximum Gasteiger partial charge on any atom is 0.0622 e. The Morgan fingerprint density at radius 3 is 2.09 bits per heavy atom. The van der Waals surface area contributed by atoms with Crippen LogP contribution < -0.4 is 0 Å². The number of fused-ring (bicyclic) bond motifs is 8. The van der Waals surface area contributed by atoms with E-state index >= 15 is 0 Å².